The van der Waals surface area contributed by atoms with Gasteiger partial charge in [-0.05, 0) is 51.5 Å². The van der Waals surface area contributed by atoms with Gasteiger partial charge in [0.15, 0.2) is 0 Å². The van der Waals surface area contributed by atoms with E-state index >= 15 is 0 Å². The van der Waals surface area contributed by atoms with E-state index in [2.05, 4.69) is 17.6 Å². The van der Waals surface area contributed by atoms with Gasteiger partial charge in [0.2, 0.25) is 0 Å². The zero-order valence-corrected chi connectivity index (χ0v) is 14.1. The van der Waals surface area contributed by atoms with Crippen LogP contribution in [0.4, 0.5) is 10.5 Å². The van der Waals surface area contributed by atoms with Gasteiger partial charge < -0.3 is 14.5 Å². The molecule has 5 heteroatoms. The van der Waals surface area contributed by atoms with Crippen molar-refractivity contribution < 1.29 is 13.9 Å². The van der Waals surface area contributed by atoms with Gasteiger partial charge in [0, 0.05) is 23.8 Å². The third-order valence-corrected chi connectivity index (χ3v) is 3.25. The molecule has 1 atom stereocenters. The lowest BCUT2D eigenvalue weighted by molar-refractivity contribution is 0.0636. The quantitative estimate of drug-likeness (QED) is 0.854. The summed E-state index contributed by atoms with van der Waals surface area (Å²) in [4.78, 5) is 11.7. The van der Waals surface area contributed by atoms with Crippen LogP contribution in [-0.2, 0) is 11.3 Å². The standard InChI is InChI=1S/C18H24N2O3/c1-13(19-11-14-9-10-22-12-14)15-5-7-16(8-6-15)20-17(21)23-18(2,3)4/h5-10,12-13,19H,11H2,1-4H3,(H,20,21). The number of carbonyl (C=O) groups is 1. The van der Waals surface area contributed by atoms with E-state index in [1.54, 1.807) is 12.5 Å². The van der Waals surface area contributed by atoms with Crippen LogP contribution in [0.2, 0.25) is 0 Å². The van der Waals surface area contributed by atoms with Crippen molar-refractivity contribution in [2.45, 2.75) is 45.9 Å². The van der Waals surface area contributed by atoms with Crippen molar-refractivity contribution in [3.05, 3.63) is 54.0 Å². The Bertz CT molecular complexity index is 613. The molecule has 0 aliphatic rings. The highest BCUT2D eigenvalue weighted by atomic mass is 16.6. The minimum absolute atomic E-state index is 0.195. The molecule has 1 unspecified atom stereocenters. The van der Waals surface area contributed by atoms with Crippen molar-refractivity contribution in [1.82, 2.24) is 5.32 Å². The lowest BCUT2D eigenvalue weighted by atomic mass is 10.1. The van der Waals surface area contributed by atoms with Crippen LogP contribution in [-0.4, -0.2) is 11.7 Å². The molecule has 2 N–H and O–H groups in total. The molecule has 0 radical (unpaired) electrons. The van der Waals surface area contributed by atoms with Crippen LogP contribution < -0.4 is 10.6 Å². The third-order valence-electron chi connectivity index (χ3n) is 3.25. The average molecular weight is 316 g/mol. The predicted molar refractivity (Wildman–Crippen MR) is 90.3 cm³/mol. The fourth-order valence-electron chi connectivity index (χ4n) is 2.06. The number of anilines is 1. The van der Waals surface area contributed by atoms with Crippen molar-refractivity contribution in [1.29, 1.82) is 0 Å². The van der Waals surface area contributed by atoms with Crippen molar-refractivity contribution in [3.8, 4) is 0 Å². The Hall–Kier alpha value is -2.27. The first kappa shape index (κ1) is 17.1. The second-order valence-electron chi connectivity index (χ2n) is 6.48. The maximum absolute atomic E-state index is 11.7. The van der Waals surface area contributed by atoms with E-state index in [4.69, 9.17) is 9.15 Å². The molecule has 1 aromatic carbocycles. The molecule has 2 rings (SSSR count). The van der Waals surface area contributed by atoms with Gasteiger partial charge >= 0.3 is 6.09 Å². The lowest BCUT2D eigenvalue weighted by Gasteiger charge is -2.20. The highest BCUT2D eigenvalue weighted by Crippen LogP contribution is 2.17. The molecule has 0 fully saturated rings. The summed E-state index contributed by atoms with van der Waals surface area (Å²) in [6.07, 6.45) is 2.95. The zero-order valence-electron chi connectivity index (χ0n) is 14.1. The van der Waals surface area contributed by atoms with Crippen molar-refractivity contribution in [2.75, 3.05) is 5.32 Å². The zero-order chi connectivity index (χ0) is 16.9. The summed E-state index contributed by atoms with van der Waals surface area (Å²) in [6.45, 7) is 8.35. The summed E-state index contributed by atoms with van der Waals surface area (Å²) in [5.74, 6) is 0. The molecule has 0 saturated carbocycles. The van der Waals surface area contributed by atoms with E-state index in [0.717, 1.165) is 17.7 Å². The second-order valence-corrected chi connectivity index (χ2v) is 6.48. The molecule has 0 aliphatic carbocycles. The Morgan fingerprint density at radius 1 is 1.22 bits per heavy atom. The highest BCUT2D eigenvalue weighted by molar-refractivity contribution is 5.84. The minimum Gasteiger partial charge on any atom is -0.472 e. The van der Waals surface area contributed by atoms with Crippen LogP contribution in [0.1, 0.15) is 44.9 Å². The number of hydrogen-bond donors (Lipinski definition) is 2. The molecule has 0 spiro atoms. The maximum atomic E-state index is 11.7. The normalized spacial score (nSPS) is 12.7. The van der Waals surface area contributed by atoms with Gasteiger partial charge in [-0.2, -0.15) is 0 Å². The second kappa shape index (κ2) is 7.33. The summed E-state index contributed by atoms with van der Waals surface area (Å²) >= 11 is 0. The first-order valence-electron chi connectivity index (χ1n) is 7.68. The van der Waals surface area contributed by atoms with E-state index < -0.39 is 11.7 Å². The van der Waals surface area contributed by atoms with Crippen LogP contribution in [0.25, 0.3) is 0 Å². The Kier molecular flexibility index (Phi) is 5.45. The first-order chi connectivity index (χ1) is 10.8. The molecule has 1 heterocycles. The van der Waals surface area contributed by atoms with Crippen LogP contribution in [0.3, 0.4) is 0 Å². The number of carbonyl (C=O) groups excluding carboxylic acids is 1. The SMILES string of the molecule is CC(NCc1ccoc1)c1ccc(NC(=O)OC(C)(C)C)cc1. The fourth-order valence-corrected chi connectivity index (χ4v) is 2.06. The topological polar surface area (TPSA) is 63.5 Å². The summed E-state index contributed by atoms with van der Waals surface area (Å²) in [5.41, 5.74) is 2.46. The van der Waals surface area contributed by atoms with Crippen LogP contribution in [0, 0.1) is 0 Å². The number of rotatable bonds is 5. The molecular weight excluding hydrogens is 292 g/mol. The minimum atomic E-state index is -0.504. The summed E-state index contributed by atoms with van der Waals surface area (Å²) in [7, 11) is 0. The third kappa shape index (κ3) is 5.79. The molecule has 1 amide bonds. The first-order valence-corrected chi connectivity index (χ1v) is 7.68. The highest BCUT2D eigenvalue weighted by Gasteiger charge is 2.16. The van der Waals surface area contributed by atoms with Crippen LogP contribution >= 0.6 is 0 Å². The van der Waals surface area contributed by atoms with Gasteiger partial charge in [0.1, 0.15) is 5.60 Å². The molecule has 5 nitrogen and oxygen atoms in total. The average Bonchev–Trinajstić information content (AvgIpc) is 2.96. The molecule has 1 aromatic heterocycles. The van der Waals surface area contributed by atoms with Crippen LogP contribution in [0.5, 0.6) is 0 Å². The fraction of sp³-hybridized carbons (Fsp3) is 0.389. The van der Waals surface area contributed by atoms with E-state index in [-0.39, 0.29) is 6.04 Å². The lowest BCUT2D eigenvalue weighted by Crippen LogP contribution is -2.27. The summed E-state index contributed by atoms with van der Waals surface area (Å²) < 4.78 is 10.3. The smallest absolute Gasteiger partial charge is 0.412 e. The van der Waals surface area contributed by atoms with Crippen molar-refractivity contribution in [2.24, 2.45) is 0 Å². The Morgan fingerprint density at radius 3 is 2.48 bits per heavy atom. The molecule has 0 aliphatic heterocycles. The van der Waals surface area contributed by atoms with Gasteiger partial charge in [-0.25, -0.2) is 4.79 Å². The van der Waals surface area contributed by atoms with Gasteiger partial charge in [-0.15, -0.1) is 0 Å². The predicted octanol–water partition coefficient (Wildman–Crippen LogP) is 4.48. The number of ether oxygens (including phenoxy) is 1. The monoisotopic (exact) mass is 316 g/mol. The van der Waals surface area contributed by atoms with Gasteiger partial charge in [-0.1, -0.05) is 12.1 Å². The Labute approximate surface area is 137 Å². The molecule has 0 bridgehead atoms. The van der Waals surface area contributed by atoms with E-state index in [1.165, 1.54) is 0 Å². The number of benzene rings is 1. The largest absolute Gasteiger partial charge is 0.472 e. The van der Waals surface area contributed by atoms with Crippen molar-refractivity contribution in [3.63, 3.8) is 0 Å². The molecular formula is C18H24N2O3. The van der Waals surface area contributed by atoms with Gasteiger partial charge in [0.25, 0.3) is 0 Å². The van der Waals surface area contributed by atoms with Crippen LogP contribution in [0.15, 0.2) is 47.3 Å². The van der Waals surface area contributed by atoms with E-state index in [1.807, 2.05) is 51.1 Å². The molecule has 0 saturated heterocycles. The number of hydrogen-bond acceptors (Lipinski definition) is 4. The Morgan fingerprint density at radius 2 is 1.91 bits per heavy atom. The molecule has 23 heavy (non-hydrogen) atoms. The Balaban J connectivity index is 1.87. The van der Waals surface area contributed by atoms with E-state index in [0.29, 0.717) is 5.69 Å². The number of furan rings is 1. The molecule has 124 valence electrons. The van der Waals surface area contributed by atoms with Crippen molar-refractivity contribution >= 4 is 11.8 Å². The van der Waals surface area contributed by atoms with Gasteiger partial charge in [-0.3, -0.25) is 5.32 Å². The summed E-state index contributed by atoms with van der Waals surface area (Å²) in [6, 6.07) is 9.85. The van der Waals surface area contributed by atoms with Gasteiger partial charge in [0.05, 0.1) is 12.5 Å². The number of nitrogens with one attached hydrogen (secondary N) is 2. The number of amides is 1. The summed E-state index contributed by atoms with van der Waals surface area (Å²) in [5, 5.41) is 6.15. The molecule has 2 aromatic rings. The maximum Gasteiger partial charge on any atom is 0.412 e. The van der Waals surface area contributed by atoms with E-state index in [9.17, 15) is 4.79 Å².